The molecule has 0 spiro atoms. The Kier molecular flexibility index (Phi) is 27.2. The number of sulfone groups is 3. The molecule has 12 rings (SSSR count). The molecule has 9 aliphatic rings. The highest BCUT2D eigenvalue weighted by Crippen LogP contribution is 2.44. The molecule has 6 bridgehead atoms. The van der Waals surface area contributed by atoms with Gasteiger partial charge in [-0.1, -0.05) is 6.42 Å². The maximum absolute atomic E-state index is 14.1. The SMILES string of the molecule is N[C@H](Cc1cc(F)c(F)cc1F)C1C[C@H]2CC[C@@H](C1)N2C(=O)CCS(=O)(=O)CC(=O)N1CCOCC1.N[C@H](Cc1cc(F)c(F)cc1F)C1C[C@H]2CC[C@@H](C1)N2C(=O)CCS(=O)(=O)CC(=O)N1CCS(=O)(=O)CC1.N[C@H](Cc1cc(F)c(F)cc1F)C1C[C@H]2CC[C@@H](C1)N2C(=O)CS(=O)(=O)N1CCCCC1. The molecule has 9 saturated heterocycles. The number of hydrogen-bond donors (Lipinski definition) is 3. The number of carbonyl (C=O) groups excluding carboxylic acids is 5. The van der Waals surface area contributed by atoms with Gasteiger partial charge in [-0.2, -0.15) is 0 Å². The van der Waals surface area contributed by atoms with Crippen LogP contribution in [0.3, 0.4) is 0 Å². The summed E-state index contributed by atoms with van der Waals surface area (Å²) in [5, 5.41) is 0. The van der Waals surface area contributed by atoms with E-state index in [4.69, 9.17) is 21.9 Å². The monoisotopic (exact) mass is 1580 g/mol. The Morgan fingerprint density at radius 3 is 1.04 bits per heavy atom. The number of nitrogens with zero attached hydrogens (tertiary/aromatic N) is 6. The summed E-state index contributed by atoms with van der Waals surface area (Å²) in [5.41, 5.74) is 19.0. The Balaban J connectivity index is 0.000000171. The van der Waals surface area contributed by atoms with Crippen molar-refractivity contribution in [2.45, 2.75) is 183 Å². The Hall–Kier alpha value is -6.02. The summed E-state index contributed by atoms with van der Waals surface area (Å²) >= 11 is 0. The van der Waals surface area contributed by atoms with Crippen LogP contribution < -0.4 is 17.2 Å². The molecule has 0 radical (unpaired) electrons. The van der Waals surface area contributed by atoms with Crippen LogP contribution in [0.5, 0.6) is 0 Å². The van der Waals surface area contributed by atoms with Crippen molar-refractivity contribution in [2.24, 2.45) is 35.0 Å². The molecule has 9 heterocycles. The molecule has 590 valence electrons. The van der Waals surface area contributed by atoms with Crippen LogP contribution in [-0.4, -0.2) is 239 Å². The van der Waals surface area contributed by atoms with Gasteiger partial charge in [-0.05, 0) is 162 Å². The minimum absolute atomic E-state index is 0.00631. The highest BCUT2D eigenvalue weighted by Gasteiger charge is 2.49. The van der Waals surface area contributed by atoms with Gasteiger partial charge < -0.3 is 46.4 Å². The predicted octanol–water partition coefficient (Wildman–Crippen LogP) is 4.77. The number of amides is 5. The number of hydrogen-bond acceptors (Lipinski definition) is 17. The number of morpholine rings is 1. The number of benzene rings is 3. The molecule has 3 aromatic carbocycles. The third-order valence-electron chi connectivity index (χ3n) is 22.6. The van der Waals surface area contributed by atoms with Crippen molar-refractivity contribution >= 4 is 69.1 Å². The summed E-state index contributed by atoms with van der Waals surface area (Å²) < 4.78 is 228. The van der Waals surface area contributed by atoms with E-state index >= 15 is 0 Å². The first-order valence-corrected chi connectivity index (χ1v) is 43.3. The zero-order valence-corrected chi connectivity index (χ0v) is 62.1. The molecule has 9 fully saturated rings. The number of carbonyl (C=O) groups is 5. The van der Waals surface area contributed by atoms with Gasteiger partial charge in [-0.3, -0.25) is 24.0 Å². The third kappa shape index (κ3) is 20.9. The summed E-state index contributed by atoms with van der Waals surface area (Å²) in [4.78, 5) is 71.4. The van der Waals surface area contributed by atoms with Crippen LogP contribution >= 0.6 is 0 Å². The topological polar surface area (TPSA) is 329 Å². The van der Waals surface area contributed by atoms with Crippen LogP contribution in [0.1, 0.15) is 126 Å². The van der Waals surface area contributed by atoms with E-state index in [-0.39, 0.29) is 145 Å². The van der Waals surface area contributed by atoms with Crippen LogP contribution in [0.15, 0.2) is 36.4 Å². The summed E-state index contributed by atoms with van der Waals surface area (Å²) in [7, 11) is -14.5. The molecule has 106 heavy (non-hydrogen) atoms. The predicted molar refractivity (Wildman–Crippen MR) is 372 cm³/mol. The average molecular weight is 1580 g/mol. The molecule has 36 heteroatoms. The van der Waals surface area contributed by atoms with Gasteiger partial charge in [0.2, 0.25) is 39.6 Å². The second kappa shape index (κ2) is 34.9. The first-order chi connectivity index (χ1) is 49.9. The minimum Gasteiger partial charge on any atom is -0.378 e. The second-order valence-corrected chi connectivity index (χ2v) is 38.5. The van der Waals surface area contributed by atoms with Crippen molar-refractivity contribution in [1.82, 2.24) is 28.8 Å². The van der Waals surface area contributed by atoms with Gasteiger partial charge in [0.15, 0.2) is 64.4 Å². The van der Waals surface area contributed by atoms with E-state index in [0.717, 1.165) is 76.0 Å². The smallest absolute Gasteiger partial charge is 0.239 e. The second-order valence-electron chi connectivity index (χ2n) is 29.9. The third-order valence-corrected chi connectivity index (χ3v) is 29.0. The fourth-order valence-corrected chi connectivity index (χ4v) is 22.1. The van der Waals surface area contributed by atoms with E-state index in [2.05, 4.69) is 0 Å². The number of fused-ring (bicyclic) bond motifs is 6. The lowest BCUT2D eigenvalue weighted by molar-refractivity contribution is -0.137. The molecular formula is C70H94F9N9O14S4. The van der Waals surface area contributed by atoms with Crippen molar-refractivity contribution < 1.29 is 102 Å². The van der Waals surface area contributed by atoms with Gasteiger partial charge in [0.05, 0.1) is 36.2 Å². The maximum Gasteiger partial charge on any atom is 0.239 e. The molecule has 9 aliphatic heterocycles. The molecule has 5 amide bonds. The summed E-state index contributed by atoms with van der Waals surface area (Å²) in [6, 6.07) is 1.90. The van der Waals surface area contributed by atoms with Gasteiger partial charge in [0.25, 0.3) is 0 Å². The molecule has 0 saturated carbocycles. The molecule has 23 nitrogen and oxygen atoms in total. The normalized spacial score (nSPS) is 26.1. The minimum atomic E-state index is -3.88. The first-order valence-electron chi connectivity index (χ1n) is 36.3. The zero-order valence-electron chi connectivity index (χ0n) is 58.8. The summed E-state index contributed by atoms with van der Waals surface area (Å²) in [6.45, 7) is 2.33. The van der Waals surface area contributed by atoms with Gasteiger partial charge in [0, 0.05) is 125 Å². The average Bonchev–Trinajstić information content (AvgIpc) is 1.63. The zero-order chi connectivity index (χ0) is 76.9. The number of nitrogens with two attached hydrogens (primary N) is 3. The molecular weight excluding hydrogens is 1490 g/mol. The van der Waals surface area contributed by atoms with Crippen molar-refractivity contribution in [3.05, 3.63) is 105 Å². The van der Waals surface area contributed by atoms with E-state index < -0.39 is 151 Å². The Morgan fingerprint density at radius 2 is 0.708 bits per heavy atom. The van der Waals surface area contributed by atoms with Crippen LogP contribution in [0.25, 0.3) is 0 Å². The Labute approximate surface area is 612 Å². The standard InChI is InChI=1S/C24H32F3N3O6S2.C24H32F3N3O5S.C22H30F3N3O3S/c25-19-13-21(27)20(26)11-15(19)12-22(28)16-9-17-1-2-18(10-16)30(17)23(31)3-6-38(35,36)14-24(32)29-4-7-37(33,34)8-5-29;25-19-13-21(27)20(26)11-15(19)12-22(28)16-9-17-1-2-18(10-16)30(17)23(31)3-8-36(33,34)14-24(32)29-4-6-35-7-5-29;23-18-12-20(25)19(24)10-14(18)11-21(26)15-8-16-4-5-17(9-15)28(16)22(29)13-32(30,31)27-6-2-1-3-7-27/h11,13,16-18,22H,1-10,12,14,28H2;11,13,16-18,22H,1-10,12,14,28H2;10,12,15-17,21H,1-9,11,13,26H2/t2*16?,17-,18+,22-;15?,16-,17+,21-/m111/s1. The molecule has 6 N–H and O–H groups in total. The van der Waals surface area contributed by atoms with E-state index in [1.807, 2.05) is 0 Å². The van der Waals surface area contributed by atoms with E-state index in [1.54, 1.807) is 14.7 Å². The molecule has 3 unspecified atom stereocenters. The van der Waals surface area contributed by atoms with Crippen LogP contribution in [0, 0.1) is 70.1 Å². The lowest BCUT2D eigenvalue weighted by atomic mass is 9.82. The van der Waals surface area contributed by atoms with Gasteiger partial charge in [0.1, 0.15) is 34.7 Å². The highest BCUT2D eigenvalue weighted by atomic mass is 32.2. The van der Waals surface area contributed by atoms with E-state index in [1.165, 1.54) is 14.1 Å². The molecule has 12 atom stereocenters. The Bertz CT molecular complexity index is 4150. The lowest BCUT2D eigenvalue weighted by Crippen LogP contribution is -2.52. The number of sulfonamides is 1. The van der Waals surface area contributed by atoms with Crippen molar-refractivity contribution in [1.29, 1.82) is 0 Å². The van der Waals surface area contributed by atoms with E-state index in [0.29, 0.717) is 96.1 Å². The summed E-state index contributed by atoms with van der Waals surface area (Å²) in [6.07, 6.45) is 10.3. The highest BCUT2D eigenvalue weighted by molar-refractivity contribution is 7.92. The van der Waals surface area contributed by atoms with Gasteiger partial charge in [-0.15, -0.1) is 0 Å². The van der Waals surface area contributed by atoms with Crippen LogP contribution in [0.2, 0.25) is 0 Å². The first kappa shape index (κ1) is 82.5. The van der Waals surface area contributed by atoms with Gasteiger partial charge >= 0.3 is 0 Å². The molecule has 0 aromatic heterocycles. The number of ether oxygens (including phenoxy) is 1. The van der Waals surface area contributed by atoms with Crippen molar-refractivity contribution in [2.75, 3.05) is 92.8 Å². The molecule has 0 aliphatic carbocycles. The van der Waals surface area contributed by atoms with Crippen LogP contribution in [0.4, 0.5) is 39.5 Å². The summed E-state index contributed by atoms with van der Waals surface area (Å²) in [5.74, 6) is -15.0. The molecule has 3 aromatic rings. The lowest BCUT2D eigenvalue weighted by Gasteiger charge is -2.41. The van der Waals surface area contributed by atoms with Crippen LogP contribution in [-0.2, 0) is 87.5 Å². The fourth-order valence-electron chi connectivity index (χ4n) is 17.0. The fraction of sp³-hybridized carbons (Fsp3) is 0.671. The van der Waals surface area contributed by atoms with Crippen molar-refractivity contribution in [3.63, 3.8) is 0 Å². The maximum atomic E-state index is 14.1. The number of rotatable bonds is 22. The largest absolute Gasteiger partial charge is 0.378 e. The van der Waals surface area contributed by atoms with Gasteiger partial charge in [-0.25, -0.2) is 77.5 Å². The Morgan fingerprint density at radius 1 is 0.406 bits per heavy atom. The van der Waals surface area contributed by atoms with Crippen molar-refractivity contribution in [3.8, 4) is 0 Å². The number of halogens is 9. The number of piperidine rings is 4. The van der Waals surface area contributed by atoms with E-state index in [9.17, 15) is 97.2 Å². The quantitative estimate of drug-likeness (QED) is 0.0901.